The normalized spacial score (nSPS) is 19.5. The summed E-state index contributed by atoms with van der Waals surface area (Å²) in [5.74, 6) is -0.870. The summed E-state index contributed by atoms with van der Waals surface area (Å²) < 4.78 is 16.7. The van der Waals surface area contributed by atoms with Crippen LogP contribution in [0.4, 0.5) is 0 Å². The summed E-state index contributed by atoms with van der Waals surface area (Å²) in [7, 11) is 0. The Morgan fingerprint density at radius 2 is 1.14 bits per heavy atom. The molecule has 298 valence electrons. The number of carbonyl (C=O) groups is 2. The van der Waals surface area contributed by atoms with Crippen molar-refractivity contribution in [2.75, 3.05) is 13.2 Å². The first-order valence-corrected chi connectivity index (χ1v) is 20.8. The van der Waals surface area contributed by atoms with Gasteiger partial charge in [0, 0.05) is 12.8 Å². The van der Waals surface area contributed by atoms with E-state index >= 15 is 0 Å². The van der Waals surface area contributed by atoms with E-state index in [1.54, 1.807) is 0 Å². The Morgan fingerprint density at radius 1 is 0.667 bits per heavy atom. The van der Waals surface area contributed by atoms with Gasteiger partial charge < -0.3 is 34.6 Å². The topological polar surface area (TPSA) is 143 Å². The van der Waals surface area contributed by atoms with Crippen molar-refractivity contribution in [3.05, 3.63) is 24.3 Å². The van der Waals surface area contributed by atoms with Crippen LogP contribution in [0.25, 0.3) is 0 Å². The standard InChI is InChI=1S/C42H76O9/c1-3-5-7-21-27-35(44)29-23-17-13-9-11-15-19-25-31-39(47)50-38(33-43)42-41(37(46)34-49-42)51-40(48)32-26-20-16-12-10-14-18-24-30-36(45)28-22-8-6-4-2/h17-18,23-24,35-38,41-46H,3-16,19-22,25-34H2,1-2H3/b23-17-,24-18-/t35-,36-,37+,38-,41-,42-/m1/s1. The van der Waals surface area contributed by atoms with Crippen LogP contribution >= 0.6 is 0 Å². The number of ether oxygens (including phenoxy) is 3. The highest BCUT2D eigenvalue weighted by atomic mass is 16.6. The Labute approximate surface area is 310 Å². The zero-order chi connectivity index (χ0) is 37.4. The molecular formula is C42H76O9. The lowest BCUT2D eigenvalue weighted by Crippen LogP contribution is -2.45. The largest absolute Gasteiger partial charge is 0.457 e. The molecular weight excluding hydrogens is 648 g/mol. The number of aliphatic hydroxyl groups excluding tert-OH is 4. The van der Waals surface area contributed by atoms with Gasteiger partial charge in [0.1, 0.15) is 12.2 Å². The maximum Gasteiger partial charge on any atom is 0.306 e. The summed E-state index contributed by atoms with van der Waals surface area (Å²) in [6.45, 7) is 3.83. The highest BCUT2D eigenvalue weighted by Gasteiger charge is 2.45. The van der Waals surface area contributed by atoms with Crippen LogP contribution in [0.1, 0.15) is 181 Å². The molecule has 1 heterocycles. The molecule has 9 nitrogen and oxygen atoms in total. The molecule has 1 fully saturated rings. The van der Waals surface area contributed by atoms with Crippen molar-refractivity contribution in [3.63, 3.8) is 0 Å². The number of unbranched alkanes of at least 4 members (excludes halogenated alkanes) is 16. The van der Waals surface area contributed by atoms with Gasteiger partial charge in [-0.05, 0) is 64.2 Å². The molecule has 1 aliphatic rings. The van der Waals surface area contributed by atoms with Crippen molar-refractivity contribution in [2.45, 2.75) is 217 Å². The van der Waals surface area contributed by atoms with Crippen molar-refractivity contribution in [2.24, 2.45) is 0 Å². The molecule has 0 saturated carbocycles. The van der Waals surface area contributed by atoms with Gasteiger partial charge in [0.15, 0.2) is 12.2 Å². The molecule has 1 rings (SSSR count). The van der Waals surface area contributed by atoms with Gasteiger partial charge in [-0.15, -0.1) is 0 Å². The number of hydrogen-bond donors (Lipinski definition) is 4. The van der Waals surface area contributed by atoms with Gasteiger partial charge in [-0.1, -0.05) is 128 Å². The molecule has 0 aromatic heterocycles. The third-order valence-corrected chi connectivity index (χ3v) is 9.69. The van der Waals surface area contributed by atoms with Gasteiger partial charge >= 0.3 is 11.9 Å². The fraction of sp³-hybridized carbons (Fsp3) is 0.857. The van der Waals surface area contributed by atoms with E-state index in [-0.39, 0.29) is 31.7 Å². The molecule has 4 N–H and O–H groups in total. The maximum absolute atomic E-state index is 12.6. The second kappa shape index (κ2) is 32.8. The molecule has 1 saturated heterocycles. The summed E-state index contributed by atoms with van der Waals surface area (Å²) in [5.41, 5.74) is 0. The molecule has 0 amide bonds. The third kappa shape index (κ3) is 25.8. The predicted octanol–water partition coefficient (Wildman–Crippen LogP) is 8.58. The van der Waals surface area contributed by atoms with E-state index in [0.717, 1.165) is 103 Å². The SMILES string of the molecule is CCCCCC[C@@H](O)C/C=C\CCCCCCCC(=O)O[C@H]1[C@@H]([C@@H](CO)OC(=O)CCCCCCC/C=C\C[C@H](O)CCCCCC)OC[C@@H]1O. The average molecular weight is 725 g/mol. The number of allylic oxidation sites excluding steroid dienone is 2. The monoisotopic (exact) mass is 725 g/mol. The van der Waals surface area contributed by atoms with E-state index in [4.69, 9.17) is 14.2 Å². The van der Waals surface area contributed by atoms with E-state index in [0.29, 0.717) is 12.8 Å². The number of rotatable bonds is 34. The fourth-order valence-electron chi connectivity index (χ4n) is 6.44. The lowest BCUT2D eigenvalue weighted by atomic mass is 10.1. The molecule has 0 aromatic rings. The Kier molecular flexibility index (Phi) is 30.4. The van der Waals surface area contributed by atoms with Gasteiger partial charge in [-0.3, -0.25) is 9.59 Å². The molecule has 0 spiro atoms. The summed E-state index contributed by atoms with van der Waals surface area (Å²) in [6, 6.07) is 0. The molecule has 0 bridgehead atoms. The van der Waals surface area contributed by atoms with E-state index in [1.807, 2.05) is 0 Å². The summed E-state index contributed by atoms with van der Waals surface area (Å²) in [6.07, 6.45) is 28.7. The first-order valence-electron chi connectivity index (χ1n) is 20.8. The fourth-order valence-corrected chi connectivity index (χ4v) is 6.44. The molecule has 9 heteroatoms. The highest BCUT2D eigenvalue weighted by Crippen LogP contribution is 2.24. The molecule has 0 radical (unpaired) electrons. The van der Waals surface area contributed by atoms with Gasteiger partial charge in [-0.25, -0.2) is 0 Å². The van der Waals surface area contributed by atoms with Gasteiger partial charge in [0.05, 0.1) is 25.4 Å². The van der Waals surface area contributed by atoms with Crippen molar-refractivity contribution in [1.29, 1.82) is 0 Å². The Balaban J connectivity index is 2.16. The Hall–Kier alpha value is -1.78. The quantitative estimate of drug-likeness (QED) is 0.0292. The van der Waals surface area contributed by atoms with Crippen molar-refractivity contribution >= 4 is 11.9 Å². The summed E-state index contributed by atoms with van der Waals surface area (Å²) >= 11 is 0. The second-order valence-electron chi connectivity index (χ2n) is 14.6. The van der Waals surface area contributed by atoms with Crippen molar-refractivity contribution in [3.8, 4) is 0 Å². The van der Waals surface area contributed by atoms with Crippen LogP contribution in [0, 0.1) is 0 Å². The predicted molar refractivity (Wildman–Crippen MR) is 204 cm³/mol. The lowest BCUT2D eigenvalue weighted by molar-refractivity contribution is -0.171. The van der Waals surface area contributed by atoms with Crippen molar-refractivity contribution < 1.29 is 44.2 Å². The highest BCUT2D eigenvalue weighted by molar-refractivity contribution is 5.70. The van der Waals surface area contributed by atoms with Gasteiger partial charge in [0.25, 0.3) is 0 Å². The minimum atomic E-state index is -1.04. The van der Waals surface area contributed by atoms with Crippen LogP contribution in [0.3, 0.4) is 0 Å². The molecule has 1 aliphatic heterocycles. The van der Waals surface area contributed by atoms with Crippen LogP contribution < -0.4 is 0 Å². The molecule has 6 atom stereocenters. The van der Waals surface area contributed by atoms with Gasteiger partial charge in [0.2, 0.25) is 0 Å². The zero-order valence-electron chi connectivity index (χ0n) is 32.4. The lowest BCUT2D eigenvalue weighted by Gasteiger charge is -2.27. The van der Waals surface area contributed by atoms with E-state index in [1.165, 1.54) is 38.5 Å². The van der Waals surface area contributed by atoms with Gasteiger partial charge in [-0.2, -0.15) is 0 Å². The Bertz CT molecular complexity index is 892. The van der Waals surface area contributed by atoms with E-state index in [9.17, 15) is 30.0 Å². The second-order valence-corrected chi connectivity index (χ2v) is 14.6. The Morgan fingerprint density at radius 3 is 1.65 bits per heavy atom. The smallest absolute Gasteiger partial charge is 0.306 e. The number of aliphatic hydroxyl groups is 4. The van der Waals surface area contributed by atoms with Crippen LogP contribution in [0.5, 0.6) is 0 Å². The van der Waals surface area contributed by atoms with Crippen LogP contribution in [0.2, 0.25) is 0 Å². The van der Waals surface area contributed by atoms with Crippen LogP contribution in [0.15, 0.2) is 24.3 Å². The first kappa shape index (κ1) is 47.2. The molecule has 0 aromatic carbocycles. The minimum absolute atomic E-state index is 0.0577. The molecule has 0 aliphatic carbocycles. The molecule has 0 unspecified atom stereocenters. The summed E-state index contributed by atoms with van der Waals surface area (Å²) in [5, 5.41) is 40.4. The van der Waals surface area contributed by atoms with E-state index in [2.05, 4.69) is 38.2 Å². The molecule has 51 heavy (non-hydrogen) atoms. The summed E-state index contributed by atoms with van der Waals surface area (Å²) in [4.78, 5) is 25.1. The van der Waals surface area contributed by atoms with Crippen LogP contribution in [-0.2, 0) is 23.8 Å². The minimum Gasteiger partial charge on any atom is -0.457 e. The zero-order valence-corrected chi connectivity index (χ0v) is 32.4. The van der Waals surface area contributed by atoms with E-state index < -0.39 is 43.0 Å². The third-order valence-electron chi connectivity index (χ3n) is 9.69. The maximum atomic E-state index is 12.6. The first-order chi connectivity index (χ1) is 24.8. The number of carbonyl (C=O) groups excluding carboxylic acids is 2. The number of hydrogen-bond acceptors (Lipinski definition) is 9. The average Bonchev–Trinajstić information content (AvgIpc) is 3.47. The number of esters is 2. The van der Waals surface area contributed by atoms with Crippen LogP contribution in [-0.4, -0.2) is 82.2 Å². The van der Waals surface area contributed by atoms with Crippen molar-refractivity contribution in [1.82, 2.24) is 0 Å².